The van der Waals surface area contributed by atoms with Crippen molar-refractivity contribution in [2.24, 2.45) is 0 Å². The molecule has 2 aliphatic carbocycles. The van der Waals surface area contributed by atoms with Gasteiger partial charge in [0.05, 0.1) is 5.41 Å². The lowest BCUT2D eigenvalue weighted by molar-refractivity contribution is -0.130. The highest BCUT2D eigenvalue weighted by Gasteiger charge is 2.53. The van der Waals surface area contributed by atoms with Crippen LogP contribution < -0.4 is 9.47 Å². The van der Waals surface area contributed by atoms with Crippen molar-refractivity contribution in [3.8, 4) is 11.5 Å². The van der Waals surface area contributed by atoms with Crippen LogP contribution in [0, 0.1) is 0 Å². The van der Waals surface area contributed by atoms with E-state index in [1.54, 1.807) is 4.90 Å². The lowest BCUT2D eigenvalue weighted by Crippen LogP contribution is -2.35. The van der Waals surface area contributed by atoms with Crippen LogP contribution in [0.4, 0.5) is 0 Å². The number of rotatable bonds is 6. The van der Waals surface area contributed by atoms with Gasteiger partial charge in [0.25, 0.3) is 0 Å². The number of allylic oxidation sites excluding steroid dienone is 6. The zero-order valence-electron chi connectivity index (χ0n) is 16.7. The molecule has 4 heteroatoms. The molecular weight excluding hydrogens is 350 g/mol. The lowest BCUT2D eigenvalue weighted by Gasteiger charge is -2.24. The number of hydrogen-bond acceptors (Lipinski definition) is 3. The van der Waals surface area contributed by atoms with Gasteiger partial charge in [-0.05, 0) is 73.9 Å². The van der Waals surface area contributed by atoms with Gasteiger partial charge in [0.2, 0.25) is 12.7 Å². The molecule has 3 aliphatic rings. The van der Waals surface area contributed by atoms with Crippen LogP contribution >= 0.6 is 0 Å². The summed E-state index contributed by atoms with van der Waals surface area (Å²) in [6.45, 7) is 6.42. The maximum absolute atomic E-state index is 13.3. The first-order chi connectivity index (χ1) is 13.5. The Morgan fingerprint density at radius 1 is 1.21 bits per heavy atom. The normalized spacial score (nSPS) is 19.6. The summed E-state index contributed by atoms with van der Waals surface area (Å²) in [7, 11) is 1.81. The Bertz CT molecular complexity index is 902. The molecule has 28 heavy (non-hydrogen) atoms. The molecule has 0 aromatic heterocycles. The van der Waals surface area contributed by atoms with Gasteiger partial charge in [0.1, 0.15) is 0 Å². The third kappa shape index (κ3) is 3.28. The van der Waals surface area contributed by atoms with E-state index in [4.69, 9.17) is 9.47 Å². The summed E-state index contributed by atoms with van der Waals surface area (Å²) in [5.74, 6) is 1.55. The number of nitrogens with zero attached hydrogens (tertiary/aromatic N) is 1. The second-order valence-electron chi connectivity index (χ2n) is 7.70. The Kier molecular flexibility index (Phi) is 4.88. The van der Waals surface area contributed by atoms with Crippen molar-refractivity contribution in [3.05, 3.63) is 71.5 Å². The highest BCUT2D eigenvalue weighted by atomic mass is 16.7. The van der Waals surface area contributed by atoms with E-state index in [0.717, 1.165) is 42.7 Å². The molecule has 4 nitrogen and oxygen atoms in total. The van der Waals surface area contributed by atoms with Gasteiger partial charge in [-0.1, -0.05) is 30.9 Å². The Balaban J connectivity index is 1.48. The van der Waals surface area contributed by atoms with Gasteiger partial charge in [-0.2, -0.15) is 0 Å². The summed E-state index contributed by atoms with van der Waals surface area (Å²) in [6.07, 6.45) is 13.6. The molecule has 4 rings (SSSR count). The molecule has 1 saturated carbocycles. The fourth-order valence-electron chi connectivity index (χ4n) is 4.02. The van der Waals surface area contributed by atoms with Gasteiger partial charge in [0.15, 0.2) is 11.5 Å². The monoisotopic (exact) mass is 377 g/mol. The Hall–Kier alpha value is -2.75. The maximum atomic E-state index is 13.3. The smallest absolute Gasteiger partial charge is 0.237 e. The van der Waals surface area contributed by atoms with Crippen molar-refractivity contribution < 1.29 is 14.3 Å². The minimum Gasteiger partial charge on any atom is -0.454 e. The SMILES string of the molecule is C=C(/C=C\C(=C/C)C1=CCCC1)N(C)C(=O)C1(c2ccc3c(c2)OCO3)CC1. The molecule has 1 aromatic carbocycles. The molecule has 0 saturated heterocycles. The van der Waals surface area contributed by atoms with Crippen molar-refractivity contribution in [1.82, 2.24) is 4.90 Å². The van der Waals surface area contributed by atoms with E-state index in [2.05, 4.69) is 31.7 Å². The third-order valence-electron chi connectivity index (χ3n) is 6.00. The maximum Gasteiger partial charge on any atom is 0.237 e. The second-order valence-corrected chi connectivity index (χ2v) is 7.70. The molecule has 1 amide bonds. The van der Waals surface area contributed by atoms with Gasteiger partial charge in [0, 0.05) is 12.7 Å². The van der Waals surface area contributed by atoms with Gasteiger partial charge < -0.3 is 14.4 Å². The predicted molar refractivity (Wildman–Crippen MR) is 110 cm³/mol. The van der Waals surface area contributed by atoms with Crippen LogP contribution in [0.2, 0.25) is 0 Å². The number of hydrogen-bond donors (Lipinski definition) is 0. The Labute approximate surface area is 166 Å². The largest absolute Gasteiger partial charge is 0.454 e. The van der Waals surface area contributed by atoms with Crippen molar-refractivity contribution in [2.45, 2.75) is 44.4 Å². The van der Waals surface area contributed by atoms with Gasteiger partial charge in [-0.15, -0.1) is 0 Å². The van der Waals surface area contributed by atoms with Gasteiger partial charge in [-0.25, -0.2) is 0 Å². The molecule has 0 unspecified atom stereocenters. The molecule has 0 atom stereocenters. The zero-order chi connectivity index (χ0) is 19.7. The average Bonchev–Trinajstić information content (AvgIpc) is 3.12. The lowest BCUT2D eigenvalue weighted by atomic mass is 9.93. The van der Waals surface area contributed by atoms with E-state index in [9.17, 15) is 4.79 Å². The van der Waals surface area contributed by atoms with Crippen molar-refractivity contribution in [3.63, 3.8) is 0 Å². The fraction of sp³-hybridized carbons (Fsp3) is 0.375. The third-order valence-corrected chi connectivity index (χ3v) is 6.00. The number of amides is 1. The number of carbonyl (C=O) groups excluding carboxylic acids is 1. The molecule has 0 radical (unpaired) electrons. The zero-order valence-corrected chi connectivity index (χ0v) is 16.7. The van der Waals surface area contributed by atoms with Crippen LogP contribution in [0.1, 0.15) is 44.6 Å². The van der Waals surface area contributed by atoms with Crippen LogP contribution in [0.25, 0.3) is 0 Å². The van der Waals surface area contributed by atoms with Crippen LogP contribution in [0.3, 0.4) is 0 Å². The molecule has 1 fully saturated rings. The van der Waals surface area contributed by atoms with E-state index in [1.807, 2.05) is 31.3 Å². The molecule has 1 heterocycles. The first-order valence-corrected chi connectivity index (χ1v) is 9.96. The summed E-state index contributed by atoms with van der Waals surface area (Å²) in [5.41, 5.74) is 3.84. The van der Waals surface area contributed by atoms with Gasteiger partial charge >= 0.3 is 0 Å². The highest BCUT2D eigenvalue weighted by Crippen LogP contribution is 2.51. The topological polar surface area (TPSA) is 38.8 Å². The van der Waals surface area contributed by atoms with Crippen LogP contribution in [0.5, 0.6) is 11.5 Å². The van der Waals surface area contributed by atoms with E-state index >= 15 is 0 Å². The van der Waals surface area contributed by atoms with E-state index in [1.165, 1.54) is 17.6 Å². The van der Waals surface area contributed by atoms with Crippen molar-refractivity contribution >= 4 is 5.91 Å². The molecule has 0 N–H and O–H groups in total. The summed E-state index contributed by atoms with van der Waals surface area (Å²) >= 11 is 0. The minimum atomic E-state index is -0.468. The second kappa shape index (κ2) is 7.34. The number of likely N-dealkylation sites (N-methyl/N-ethyl adjacent to an activating group) is 1. The molecule has 1 aliphatic heterocycles. The van der Waals surface area contributed by atoms with Crippen LogP contribution in [-0.4, -0.2) is 24.6 Å². The first kappa shape index (κ1) is 18.6. The van der Waals surface area contributed by atoms with E-state index in [0.29, 0.717) is 5.70 Å². The van der Waals surface area contributed by atoms with Crippen LogP contribution in [-0.2, 0) is 10.2 Å². The summed E-state index contributed by atoms with van der Waals surface area (Å²) in [5, 5.41) is 0. The quantitative estimate of drug-likeness (QED) is 0.653. The summed E-state index contributed by atoms with van der Waals surface area (Å²) in [6, 6.07) is 5.83. The van der Waals surface area contributed by atoms with E-state index in [-0.39, 0.29) is 12.7 Å². The Morgan fingerprint density at radius 3 is 2.68 bits per heavy atom. The number of carbonyl (C=O) groups is 1. The molecule has 1 aromatic rings. The molecule has 0 bridgehead atoms. The van der Waals surface area contributed by atoms with Gasteiger partial charge in [-0.3, -0.25) is 4.79 Å². The molecule has 0 spiro atoms. The average molecular weight is 377 g/mol. The molecular formula is C24H27NO3. The number of benzene rings is 1. The Morgan fingerprint density at radius 2 is 2.00 bits per heavy atom. The summed E-state index contributed by atoms with van der Waals surface area (Å²) in [4.78, 5) is 15.0. The summed E-state index contributed by atoms with van der Waals surface area (Å²) < 4.78 is 10.9. The van der Waals surface area contributed by atoms with Crippen LogP contribution in [0.15, 0.2) is 65.9 Å². The minimum absolute atomic E-state index is 0.0862. The number of fused-ring (bicyclic) bond motifs is 1. The highest BCUT2D eigenvalue weighted by molar-refractivity contribution is 5.92. The fourth-order valence-corrected chi connectivity index (χ4v) is 4.02. The predicted octanol–water partition coefficient (Wildman–Crippen LogP) is 5.03. The molecule has 146 valence electrons. The first-order valence-electron chi connectivity index (χ1n) is 9.96. The number of ether oxygens (including phenoxy) is 2. The van der Waals surface area contributed by atoms with E-state index < -0.39 is 5.41 Å². The van der Waals surface area contributed by atoms with Crippen molar-refractivity contribution in [2.75, 3.05) is 13.8 Å². The van der Waals surface area contributed by atoms with Crippen molar-refractivity contribution in [1.29, 1.82) is 0 Å². The standard InChI is InChI=1S/C24H27NO3/c1-4-18(19-7-5-6-8-19)10-9-17(2)25(3)23(26)24(13-14-24)20-11-12-21-22(15-20)28-16-27-21/h4,7,9-12,15H,2,5-6,8,13-14,16H2,1,3H3/b10-9-,18-4+.